The molecule has 0 saturated heterocycles. The molecule has 1 amide bonds. The van der Waals surface area contributed by atoms with Gasteiger partial charge in [-0.25, -0.2) is 0 Å². The van der Waals surface area contributed by atoms with Crippen LogP contribution >= 0.6 is 0 Å². The second-order valence-corrected chi connectivity index (χ2v) is 7.64. The van der Waals surface area contributed by atoms with E-state index >= 15 is 0 Å². The molecule has 12 heteroatoms. The molecule has 170 valence electrons. The SMILES string of the molecule is CC[C@H](C(=O)NCCCn1nc(C)c([N+](=O)[O-])c1C)n1nc(C(F)(F)F)c2c1CCC2. The first-order valence-electron chi connectivity index (χ1n) is 10.2. The molecule has 0 spiro atoms. The third-order valence-corrected chi connectivity index (χ3v) is 5.58. The van der Waals surface area contributed by atoms with Gasteiger partial charge in [0.2, 0.25) is 5.91 Å². The Morgan fingerprint density at radius 3 is 2.58 bits per heavy atom. The maximum Gasteiger partial charge on any atom is 0.435 e. The summed E-state index contributed by atoms with van der Waals surface area (Å²) in [5.74, 6) is -0.396. The lowest BCUT2D eigenvalue weighted by molar-refractivity contribution is -0.386. The maximum atomic E-state index is 13.3. The smallest absolute Gasteiger partial charge is 0.354 e. The summed E-state index contributed by atoms with van der Waals surface area (Å²) >= 11 is 0. The molecule has 1 aliphatic rings. The number of nitrogens with one attached hydrogen (secondary N) is 1. The van der Waals surface area contributed by atoms with Crippen molar-refractivity contribution in [3.05, 3.63) is 38.5 Å². The van der Waals surface area contributed by atoms with Gasteiger partial charge in [-0.1, -0.05) is 6.92 Å². The minimum absolute atomic E-state index is 0.0249. The van der Waals surface area contributed by atoms with Gasteiger partial charge in [-0.05, 0) is 46.0 Å². The van der Waals surface area contributed by atoms with E-state index in [0.29, 0.717) is 55.7 Å². The van der Waals surface area contributed by atoms with Gasteiger partial charge in [0.05, 0.1) is 4.92 Å². The first-order chi connectivity index (χ1) is 14.6. The van der Waals surface area contributed by atoms with Gasteiger partial charge < -0.3 is 5.32 Å². The van der Waals surface area contributed by atoms with Crippen molar-refractivity contribution in [2.75, 3.05) is 6.54 Å². The summed E-state index contributed by atoms with van der Waals surface area (Å²) in [4.78, 5) is 23.3. The minimum atomic E-state index is -4.54. The van der Waals surface area contributed by atoms with Gasteiger partial charge in [0.1, 0.15) is 17.4 Å². The number of nitrogens with zero attached hydrogens (tertiary/aromatic N) is 5. The second-order valence-electron chi connectivity index (χ2n) is 7.64. The standard InChI is InChI=1S/C19H25F3N6O3/c1-4-14(27-15-8-5-7-13(15)17(25-27)19(20,21)22)18(29)23-9-6-10-26-12(3)16(28(30)31)11(2)24-26/h14H,4-10H2,1-3H3,(H,23,29)/t14-/m1/s1. The third-order valence-electron chi connectivity index (χ3n) is 5.58. The highest BCUT2D eigenvalue weighted by Crippen LogP contribution is 2.37. The van der Waals surface area contributed by atoms with Crippen LogP contribution in [-0.2, 0) is 30.4 Å². The Kier molecular flexibility index (Phi) is 6.37. The van der Waals surface area contributed by atoms with Gasteiger partial charge in [0, 0.05) is 24.3 Å². The summed E-state index contributed by atoms with van der Waals surface area (Å²) in [5.41, 5.74) is 0.534. The van der Waals surface area contributed by atoms with E-state index in [1.54, 1.807) is 20.8 Å². The predicted molar refractivity (Wildman–Crippen MR) is 105 cm³/mol. The Bertz CT molecular complexity index is 995. The Morgan fingerprint density at radius 2 is 2.00 bits per heavy atom. The maximum absolute atomic E-state index is 13.3. The van der Waals surface area contributed by atoms with E-state index in [0.717, 1.165) is 0 Å². The Hall–Kier alpha value is -2.92. The van der Waals surface area contributed by atoms with Gasteiger partial charge in [0.25, 0.3) is 0 Å². The fourth-order valence-electron chi connectivity index (χ4n) is 4.15. The van der Waals surface area contributed by atoms with Gasteiger partial charge in [-0.3, -0.25) is 24.3 Å². The molecule has 9 nitrogen and oxygen atoms in total. The van der Waals surface area contributed by atoms with Crippen LogP contribution in [0.15, 0.2) is 0 Å². The summed E-state index contributed by atoms with van der Waals surface area (Å²) in [6.45, 7) is 5.53. The molecule has 0 radical (unpaired) electrons. The number of carbonyl (C=O) groups is 1. The Morgan fingerprint density at radius 1 is 1.29 bits per heavy atom. The fourth-order valence-corrected chi connectivity index (χ4v) is 4.15. The van der Waals surface area contributed by atoms with Crippen molar-refractivity contribution in [1.29, 1.82) is 0 Å². The molecule has 0 fully saturated rings. The van der Waals surface area contributed by atoms with Crippen LogP contribution in [0.5, 0.6) is 0 Å². The van der Waals surface area contributed by atoms with E-state index in [4.69, 9.17) is 0 Å². The molecule has 2 aromatic heterocycles. The molecular formula is C19H25F3N6O3. The summed E-state index contributed by atoms with van der Waals surface area (Å²) in [6.07, 6.45) is -2.37. The van der Waals surface area contributed by atoms with Crippen molar-refractivity contribution < 1.29 is 22.9 Å². The van der Waals surface area contributed by atoms with Gasteiger partial charge >= 0.3 is 11.9 Å². The third kappa shape index (κ3) is 4.42. The molecule has 0 aliphatic heterocycles. The lowest BCUT2D eigenvalue weighted by atomic mass is 10.1. The van der Waals surface area contributed by atoms with Crippen molar-refractivity contribution in [2.24, 2.45) is 0 Å². The molecule has 1 aliphatic carbocycles. The highest BCUT2D eigenvalue weighted by atomic mass is 19.4. The molecule has 0 saturated carbocycles. The molecule has 1 atom stereocenters. The number of aromatic nitrogens is 4. The molecule has 0 aromatic carbocycles. The van der Waals surface area contributed by atoms with Crippen molar-refractivity contribution in [3.63, 3.8) is 0 Å². The van der Waals surface area contributed by atoms with Crippen molar-refractivity contribution in [3.8, 4) is 0 Å². The number of nitro groups is 1. The highest BCUT2D eigenvalue weighted by molar-refractivity contribution is 5.80. The normalized spacial score (nSPS) is 14.5. The number of hydrogen-bond donors (Lipinski definition) is 1. The zero-order chi connectivity index (χ0) is 22.9. The number of aryl methyl sites for hydroxylation is 2. The quantitative estimate of drug-likeness (QED) is 0.384. The summed E-state index contributed by atoms with van der Waals surface area (Å²) in [5, 5.41) is 21.7. The van der Waals surface area contributed by atoms with Gasteiger partial charge in [0.15, 0.2) is 5.69 Å². The van der Waals surface area contributed by atoms with Crippen LogP contribution in [-0.4, -0.2) is 36.9 Å². The van der Waals surface area contributed by atoms with Crippen LogP contribution in [0.3, 0.4) is 0 Å². The number of rotatable bonds is 8. The molecular weight excluding hydrogens is 417 g/mol. The zero-order valence-corrected chi connectivity index (χ0v) is 17.6. The van der Waals surface area contributed by atoms with E-state index in [1.807, 2.05) is 0 Å². The van der Waals surface area contributed by atoms with Crippen LogP contribution in [0.25, 0.3) is 0 Å². The number of alkyl halides is 3. The van der Waals surface area contributed by atoms with E-state index in [-0.39, 0.29) is 17.8 Å². The number of halogens is 3. The molecule has 0 unspecified atom stereocenters. The Balaban J connectivity index is 1.64. The number of carbonyl (C=O) groups excluding carboxylic acids is 1. The largest absolute Gasteiger partial charge is 0.435 e. The number of fused-ring (bicyclic) bond motifs is 1. The van der Waals surface area contributed by atoms with Crippen molar-refractivity contribution in [1.82, 2.24) is 24.9 Å². The van der Waals surface area contributed by atoms with E-state index in [2.05, 4.69) is 15.5 Å². The Labute approximate surface area is 176 Å². The molecule has 31 heavy (non-hydrogen) atoms. The van der Waals surface area contributed by atoms with E-state index in [9.17, 15) is 28.1 Å². The minimum Gasteiger partial charge on any atom is -0.354 e. The fraction of sp³-hybridized carbons (Fsp3) is 0.632. The van der Waals surface area contributed by atoms with E-state index < -0.39 is 28.7 Å². The number of hydrogen-bond acceptors (Lipinski definition) is 5. The molecule has 3 rings (SSSR count). The van der Waals surface area contributed by atoms with E-state index in [1.165, 1.54) is 9.36 Å². The van der Waals surface area contributed by atoms with Crippen molar-refractivity contribution in [2.45, 2.75) is 71.6 Å². The summed E-state index contributed by atoms with van der Waals surface area (Å²) < 4.78 is 42.7. The molecule has 2 heterocycles. The van der Waals surface area contributed by atoms with Gasteiger partial charge in [-0.15, -0.1) is 0 Å². The van der Waals surface area contributed by atoms with Crippen molar-refractivity contribution >= 4 is 11.6 Å². The average molecular weight is 442 g/mol. The molecule has 0 bridgehead atoms. The van der Waals surface area contributed by atoms with Crippen LogP contribution in [0, 0.1) is 24.0 Å². The highest BCUT2D eigenvalue weighted by Gasteiger charge is 2.41. The lowest BCUT2D eigenvalue weighted by Crippen LogP contribution is -2.34. The van der Waals surface area contributed by atoms with Crippen LogP contribution in [0.1, 0.15) is 60.6 Å². The summed E-state index contributed by atoms with van der Waals surface area (Å²) in [6, 6.07) is -0.822. The lowest BCUT2D eigenvalue weighted by Gasteiger charge is -2.18. The van der Waals surface area contributed by atoms with Crippen LogP contribution in [0.2, 0.25) is 0 Å². The second kappa shape index (κ2) is 8.67. The molecule has 1 N–H and O–H groups in total. The zero-order valence-electron chi connectivity index (χ0n) is 17.6. The first-order valence-corrected chi connectivity index (χ1v) is 10.2. The molecule has 2 aromatic rings. The predicted octanol–water partition coefficient (Wildman–Crippen LogP) is 3.27. The summed E-state index contributed by atoms with van der Waals surface area (Å²) in [7, 11) is 0. The van der Waals surface area contributed by atoms with Gasteiger partial charge in [-0.2, -0.15) is 23.4 Å². The monoisotopic (exact) mass is 442 g/mol. The average Bonchev–Trinajstić information content (AvgIpc) is 3.34. The first kappa shape index (κ1) is 22.8. The topological polar surface area (TPSA) is 108 Å². The van der Waals surface area contributed by atoms with Crippen LogP contribution in [0.4, 0.5) is 18.9 Å². The number of amides is 1. The van der Waals surface area contributed by atoms with Crippen LogP contribution < -0.4 is 5.32 Å².